The molecule has 22 heavy (non-hydrogen) atoms. The van der Waals surface area contributed by atoms with Crippen LogP contribution in [-0.2, 0) is 14.3 Å². The van der Waals surface area contributed by atoms with Gasteiger partial charge in [-0.15, -0.1) is 6.58 Å². The van der Waals surface area contributed by atoms with E-state index < -0.39 is 5.41 Å². The molecule has 0 amide bonds. The fourth-order valence-electron chi connectivity index (χ4n) is 4.74. The van der Waals surface area contributed by atoms with Crippen molar-refractivity contribution < 1.29 is 14.3 Å². The summed E-state index contributed by atoms with van der Waals surface area (Å²) >= 11 is 0. The summed E-state index contributed by atoms with van der Waals surface area (Å²) in [6, 6.07) is 0. The van der Waals surface area contributed by atoms with Crippen molar-refractivity contribution in [2.24, 2.45) is 22.2 Å². The molecule has 3 rings (SSSR count). The SMILES string of the molecule is C=C[C@]1(C)CC[C@@]2(C=O)C3=CC(=O)O[C@@H]3C(C)(C)CC[C@@H]2C1. The monoisotopic (exact) mass is 302 g/mol. The van der Waals surface area contributed by atoms with Crippen LogP contribution in [0.25, 0.3) is 0 Å². The number of allylic oxidation sites excluding steroid dienone is 1. The normalized spacial score (nSPS) is 43.2. The molecule has 120 valence electrons. The summed E-state index contributed by atoms with van der Waals surface area (Å²) in [5.41, 5.74) is 0.389. The van der Waals surface area contributed by atoms with Gasteiger partial charge in [0.25, 0.3) is 0 Å². The lowest BCUT2D eigenvalue weighted by Gasteiger charge is -2.47. The van der Waals surface area contributed by atoms with Crippen LogP contribution in [0, 0.1) is 22.2 Å². The third-order valence-corrected chi connectivity index (χ3v) is 6.43. The third-order valence-electron chi connectivity index (χ3n) is 6.43. The molecule has 2 aliphatic carbocycles. The fourth-order valence-corrected chi connectivity index (χ4v) is 4.74. The van der Waals surface area contributed by atoms with Crippen molar-refractivity contribution in [1.29, 1.82) is 0 Å². The predicted molar refractivity (Wildman–Crippen MR) is 85.1 cm³/mol. The summed E-state index contributed by atoms with van der Waals surface area (Å²) in [4.78, 5) is 24.1. The Hall–Kier alpha value is -1.38. The average molecular weight is 302 g/mol. The van der Waals surface area contributed by atoms with Gasteiger partial charge in [0.1, 0.15) is 12.4 Å². The van der Waals surface area contributed by atoms with E-state index in [0.717, 1.165) is 44.0 Å². The van der Waals surface area contributed by atoms with E-state index in [-0.39, 0.29) is 28.8 Å². The van der Waals surface area contributed by atoms with Gasteiger partial charge in [0.15, 0.2) is 0 Å². The van der Waals surface area contributed by atoms with Gasteiger partial charge >= 0.3 is 5.97 Å². The van der Waals surface area contributed by atoms with E-state index >= 15 is 0 Å². The Kier molecular flexibility index (Phi) is 3.39. The fraction of sp³-hybridized carbons (Fsp3) is 0.684. The number of rotatable bonds is 2. The first-order valence-corrected chi connectivity index (χ1v) is 8.29. The molecule has 0 bridgehead atoms. The van der Waals surface area contributed by atoms with Crippen molar-refractivity contribution in [2.75, 3.05) is 0 Å². The molecule has 0 aromatic heterocycles. The molecule has 3 nitrogen and oxygen atoms in total. The molecule has 0 saturated heterocycles. The van der Waals surface area contributed by atoms with E-state index in [1.807, 2.05) is 6.08 Å². The van der Waals surface area contributed by atoms with Crippen molar-refractivity contribution in [3.63, 3.8) is 0 Å². The summed E-state index contributed by atoms with van der Waals surface area (Å²) in [7, 11) is 0. The van der Waals surface area contributed by atoms with Crippen molar-refractivity contribution in [3.8, 4) is 0 Å². The zero-order valence-corrected chi connectivity index (χ0v) is 13.9. The molecule has 3 heteroatoms. The number of carbonyl (C=O) groups is 2. The summed E-state index contributed by atoms with van der Waals surface area (Å²) in [5, 5.41) is 0. The predicted octanol–water partition coefficient (Wildman–Crippen LogP) is 3.84. The zero-order valence-electron chi connectivity index (χ0n) is 13.9. The first kappa shape index (κ1) is 15.5. The second kappa shape index (κ2) is 4.81. The first-order chi connectivity index (χ1) is 10.3. The van der Waals surface area contributed by atoms with Crippen LogP contribution in [0.5, 0.6) is 0 Å². The maximum absolute atomic E-state index is 12.2. The lowest BCUT2D eigenvalue weighted by Crippen LogP contribution is -2.44. The number of hydrogen-bond acceptors (Lipinski definition) is 3. The summed E-state index contributed by atoms with van der Waals surface area (Å²) < 4.78 is 5.60. The molecule has 2 fully saturated rings. The van der Waals surface area contributed by atoms with Crippen LogP contribution < -0.4 is 0 Å². The molecule has 0 aromatic carbocycles. The molecule has 0 unspecified atom stereocenters. The number of hydrogen-bond donors (Lipinski definition) is 0. The van der Waals surface area contributed by atoms with Gasteiger partial charge in [-0.25, -0.2) is 4.79 Å². The Morgan fingerprint density at radius 2 is 2.00 bits per heavy atom. The largest absolute Gasteiger partial charge is 0.454 e. The molecular formula is C19H26O3. The number of fused-ring (bicyclic) bond motifs is 3. The Balaban J connectivity index is 2.09. The zero-order chi connectivity index (χ0) is 16.2. The van der Waals surface area contributed by atoms with Crippen molar-refractivity contribution in [1.82, 2.24) is 0 Å². The molecule has 0 spiro atoms. The maximum Gasteiger partial charge on any atom is 0.331 e. The minimum atomic E-state index is -0.521. The second-order valence-corrected chi connectivity index (χ2v) is 8.36. The van der Waals surface area contributed by atoms with Crippen molar-refractivity contribution in [2.45, 2.75) is 59.0 Å². The van der Waals surface area contributed by atoms with Gasteiger partial charge in [-0.2, -0.15) is 0 Å². The number of esters is 1. The van der Waals surface area contributed by atoms with Gasteiger partial charge < -0.3 is 9.53 Å². The van der Waals surface area contributed by atoms with Crippen molar-refractivity contribution in [3.05, 3.63) is 24.3 Å². The van der Waals surface area contributed by atoms with Crippen LogP contribution in [0.2, 0.25) is 0 Å². The van der Waals surface area contributed by atoms with Gasteiger partial charge in [-0.3, -0.25) is 0 Å². The van der Waals surface area contributed by atoms with Crippen LogP contribution in [-0.4, -0.2) is 18.4 Å². The Labute approximate surface area is 132 Å². The van der Waals surface area contributed by atoms with Crippen LogP contribution >= 0.6 is 0 Å². The van der Waals surface area contributed by atoms with E-state index in [9.17, 15) is 9.59 Å². The number of aldehydes is 1. The number of carbonyl (C=O) groups excluding carboxylic acids is 2. The van der Waals surface area contributed by atoms with Crippen LogP contribution in [0.3, 0.4) is 0 Å². The lowest BCUT2D eigenvalue weighted by molar-refractivity contribution is -0.143. The molecule has 1 aliphatic heterocycles. The third kappa shape index (κ3) is 2.09. The molecule has 4 atom stereocenters. The van der Waals surface area contributed by atoms with Gasteiger partial charge in [0, 0.05) is 11.5 Å². The Morgan fingerprint density at radius 3 is 2.64 bits per heavy atom. The molecule has 0 radical (unpaired) electrons. The summed E-state index contributed by atoms with van der Waals surface area (Å²) in [6.07, 6.45) is 9.17. The van der Waals surface area contributed by atoms with E-state index in [1.54, 1.807) is 6.08 Å². The molecule has 1 heterocycles. The molecule has 3 aliphatic rings. The Bertz CT molecular complexity index is 559. The lowest BCUT2D eigenvalue weighted by atomic mass is 9.55. The maximum atomic E-state index is 12.2. The minimum absolute atomic E-state index is 0.0885. The standard InChI is InChI=1S/C19H26O3/c1-5-18(4)8-9-19(12-20)13(11-18)6-7-17(2,3)16-14(19)10-15(21)22-16/h5,10,12-13,16H,1,6-9,11H2,2-4H3/t13-,16+,18-,19+/m1/s1. The molecular weight excluding hydrogens is 276 g/mol. The highest BCUT2D eigenvalue weighted by atomic mass is 16.5. The quantitative estimate of drug-likeness (QED) is 0.442. The Morgan fingerprint density at radius 1 is 1.27 bits per heavy atom. The highest BCUT2D eigenvalue weighted by molar-refractivity contribution is 5.88. The average Bonchev–Trinajstić information content (AvgIpc) is 2.86. The van der Waals surface area contributed by atoms with E-state index in [0.29, 0.717) is 0 Å². The first-order valence-electron chi connectivity index (χ1n) is 8.29. The van der Waals surface area contributed by atoms with E-state index in [4.69, 9.17) is 4.74 Å². The minimum Gasteiger partial charge on any atom is -0.454 e. The second-order valence-electron chi connectivity index (χ2n) is 8.36. The van der Waals surface area contributed by atoms with Gasteiger partial charge in [0.2, 0.25) is 0 Å². The summed E-state index contributed by atoms with van der Waals surface area (Å²) in [5.74, 6) is -0.0150. The van der Waals surface area contributed by atoms with E-state index in [1.165, 1.54) is 0 Å². The molecule has 0 aromatic rings. The smallest absolute Gasteiger partial charge is 0.331 e. The highest BCUT2D eigenvalue weighted by Gasteiger charge is 2.57. The molecule has 0 N–H and O–H groups in total. The van der Waals surface area contributed by atoms with Crippen LogP contribution in [0.15, 0.2) is 24.3 Å². The van der Waals surface area contributed by atoms with Crippen LogP contribution in [0.1, 0.15) is 52.9 Å². The highest BCUT2D eigenvalue weighted by Crippen LogP contribution is 2.60. The topological polar surface area (TPSA) is 43.4 Å². The van der Waals surface area contributed by atoms with Gasteiger partial charge in [0.05, 0.1) is 5.41 Å². The van der Waals surface area contributed by atoms with Gasteiger partial charge in [-0.1, -0.05) is 26.8 Å². The van der Waals surface area contributed by atoms with Gasteiger partial charge in [-0.05, 0) is 49.0 Å². The van der Waals surface area contributed by atoms with Crippen molar-refractivity contribution >= 4 is 12.3 Å². The summed E-state index contributed by atoms with van der Waals surface area (Å²) in [6.45, 7) is 10.5. The van der Waals surface area contributed by atoms with E-state index in [2.05, 4.69) is 27.4 Å². The number of ether oxygens (including phenoxy) is 1. The molecule has 2 saturated carbocycles. The van der Waals surface area contributed by atoms with Crippen LogP contribution in [0.4, 0.5) is 0 Å².